The van der Waals surface area contributed by atoms with E-state index in [1.54, 1.807) is 12.1 Å². The molecule has 182 valence electrons. The van der Waals surface area contributed by atoms with Crippen LogP contribution in [0.3, 0.4) is 0 Å². The Labute approximate surface area is 204 Å². The van der Waals surface area contributed by atoms with Crippen molar-refractivity contribution in [2.75, 3.05) is 6.54 Å². The average molecular weight is 475 g/mol. The van der Waals surface area contributed by atoms with Crippen LogP contribution in [0.4, 0.5) is 0 Å². The fourth-order valence-corrected chi connectivity index (χ4v) is 4.79. The number of phenols is 1. The van der Waals surface area contributed by atoms with Gasteiger partial charge in [0, 0.05) is 19.0 Å². The number of carbonyl (C=O) groups excluding carboxylic acids is 1. The summed E-state index contributed by atoms with van der Waals surface area (Å²) in [7, 11) is 0. The van der Waals surface area contributed by atoms with Crippen LogP contribution in [0.5, 0.6) is 5.75 Å². The molecule has 1 aliphatic rings. The predicted octanol–water partition coefficient (Wildman–Crippen LogP) is 4.79. The molecule has 1 saturated carbocycles. The standard InChI is InChI=1S/C27H38N2O3.ClH/c1-19(2)22-8-7-9-23(17-22)27(14-5-4-6-15-27)28-18-26(32)25(29-20(3)30)16-21-10-12-24(31)13-11-21;/h7-13,17,19,25-26,28,31-32H,4-6,14-16,18H2,1-3H3,(H,29,30);1H/t25-,26+;/m0./s1. The molecule has 2 aromatic rings. The lowest BCUT2D eigenvalue weighted by atomic mass is 9.75. The Bertz CT molecular complexity index is 879. The van der Waals surface area contributed by atoms with E-state index in [1.165, 1.54) is 24.5 Å². The van der Waals surface area contributed by atoms with Gasteiger partial charge in [0.05, 0.1) is 12.1 Å². The first-order valence-corrected chi connectivity index (χ1v) is 11.9. The highest BCUT2D eigenvalue weighted by molar-refractivity contribution is 5.85. The molecule has 4 N–H and O–H groups in total. The van der Waals surface area contributed by atoms with Crippen molar-refractivity contribution in [1.82, 2.24) is 10.6 Å². The van der Waals surface area contributed by atoms with Crippen LogP contribution in [-0.2, 0) is 16.8 Å². The van der Waals surface area contributed by atoms with E-state index in [4.69, 9.17) is 0 Å². The minimum absolute atomic E-state index is 0. The molecule has 5 nitrogen and oxygen atoms in total. The molecule has 3 rings (SSSR count). The third-order valence-corrected chi connectivity index (χ3v) is 6.71. The smallest absolute Gasteiger partial charge is 0.217 e. The Morgan fingerprint density at radius 3 is 2.33 bits per heavy atom. The van der Waals surface area contributed by atoms with Gasteiger partial charge in [-0.15, -0.1) is 12.4 Å². The van der Waals surface area contributed by atoms with Crippen molar-refractivity contribution >= 4 is 18.3 Å². The second-order valence-electron chi connectivity index (χ2n) is 9.55. The summed E-state index contributed by atoms with van der Waals surface area (Å²) in [5.74, 6) is 0.510. The minimum atomic E-state index is -0.736. The summed E-state index contributed by atoms with van der Waals surface area (Å²) < 4.78 is 0. The normalized spacial score (nSPS) is 17.1. The third-order valence-electron chi connectivity index (χ3n) is 6.71. The molecule has 2 aromatic carbocycles. The molecule has 33 heavy (non-hydrogen) atoms. The van der Waals surface area contributed by atoms with Crippen LogP contribution in [0.2, 0.25) is 0 Å². The minimum Gasteiger partial charge on any atom is -0.508 e. The second kappa shape index (κ2) is 12.4. The van der Waals surface area contributed by atoms with Crippen molar-refractivity contribution in [3.05, 3.63) is 65.2 Å². The van der Waals surface area contributed by atoms with E-state index in [0.29, 0.717) is 18.9 Å². The average Bonchev–Trinajstić information content (AvgIpc) is 2.79. The zero-order chi connectivity index (χ0) is 23.1. The number of aromatic hydroxyl groups is 1. The SMILES string of the molecule is CC(=O)N[C@@H](Cc1ccc(O)cc1)[C@H](O)CNC1(c2cccc(C(C)C)c2)CCCCC1.Cl. The van der Waals surface area contributed by atoms with Gasteiger partial charge < -0.3 is 20.8 Å². The first-order valence-electron chi connectivity index (χ1n) is 11.9. The highest BCUT2D eigenvalue weighted by Gasteiger charge is 2.35. The van der Waals surface area contributed by atoms with Crippen molar-refractivity contribution in [3.8, 4) is 5.75 Å². The molecule has 0 unspecified atom stereocenters. The molecular formula is C27H39ClN2O3. The van der Waals surface area contributed by atoms with E-state index >= 15 is 0 Å². The van der Waals surface area contributed by atoms with Crippen LogP contribution in [0.1, 0.15) is 75.5 Å². The van der Waals surface area contributed by atoms with E-state index < -0.39 is 12.1 Å². The fraction of sp³-hybridized carbons (Fsp3) is 0.519. The van der Waals surface area contributed by atoms with E-state index in [-0.39, 0.29) is 29.6 Å². The largest absolute Gasteiger partial charge is 0.508 e. The molecule has 6 heteroatoms. The number of aliphatic hydroxyl groups is 1. The van der Waals surface area contributed by atoms with Crippen LogP contribution in [0.25, 0.3) is 0 Å². The third kappa shape index (κ3) is 7.46. The molecule has 1 aliphatic carbocycles. The maximum Gasteiger partial charge on any atom is 0.217 e. The maximum absolute atomic E-state index is 11.8. The van der Waals surface area contributed by atoms with Crippen molar-refractivity contribution in [2.45, 2.75) is 82.9 Å². The Morgan fingerprint density at radius 2 is 1.73 bits per heavy atom. The summed E-state index contributed by atoms with van der Waals surface area (Å²) in [6, 6.07) is 15.3. The first-order chi connectivity index (χ1) is 15.3. The van der Waals surface area contributed by atoms with Crippen LogP contribution in [0.15, 0.2) is 48.5 Å². The summed E-state index contributed by atoms with van der Waals surface area (Å²) in [5, 5.41) is 27.3. The molecule has 0 radical (unpaired) electrons. The summed E-state index contributed by atoms with van der Waals surface area (Å²) in [6.45, 7) is 6.30. The number of phenolic OH excluding ortho intramolecular Hbond substituents is 1. The first kappa shape index (κ1) is 27.2. The van der Waals surface area contributed by atoms with Gasteiger partial charge in [0.2, 0.25) is 5.91 Å². The van der Waals surface area contributed by atoms with Gasteiger partial charge in [0.25, 0.3) is 0 Å². The summed E-state index contributed by atoms with van der Waals surface area (Å²) in [5.41, 5.74) is 3.43. The number of amides is 1. The van der Waals surface area contributed by atoms with Gasteiger partial charge in [-0.2, -0.15) is 0 Å². The maximum atomic E-state index is 11.8. The molecule has 0 bridgehead atoms. The zero-order valence-electron chi connectivity index (χ0n) is 20.0. The van der Waals surface area contributed by atoms with Crippen LogP contribution < -0.4 is 10.6 Å². The summed E-state index contributed by atoms with van der Waals surface area (Å²) in [4.78, 5) is 11.8. The van der Waals surface area contributed by atoms with E-state index in [0.717, 1.165) is 31.2 Å². The van der Waals surface area contributed by atoms with Gasteiger partial charge in [-0.25, -0.2) is 0 Å². The number of hydrogen-bond donors (Lipinski definition) is 4. The Kier molecular flexibility index (Phi) is 10.2. The van der Waals surface area contributed by atoms with E-state index in [1.807, 2.05) is 12.1 Å². The highest BCUT2D eigenvalue weighted by Crippen LogP contribution is 2.38. The molecule has 1 fully saturated rings. The molecule has 0 aromatic heterocycles. The van der Waals surface area contributed by atoms with Gasteiger partial charge in [0.15, 0.2) is 0 Å². The second-order valence-corrected chi connectivity index (χ2v) is 9.55. The lowest BCUT2D eigenvalue weighted by Gasteiger charge is -2.40. The van der Waals surface area contributed by atoms with Crippen molar-refractivity contribution < 1.29 is 15.0 Å². The zero-order valence-corrected chi connectivity index (χ0v) is 20.8. The fourth-order valence-electron chi connectivity index (χ4n) is 4.79. The number of benzene rings is 2. The predicted molar refractivity (Wildman–Crippen MR) is 136 cm³/mol. The molecule has 2 atom stereocenters. The summed E-state index contributed by atoms with van der Waals surface area (Å²) >= 11 is 0. The van der Waals surface area contributed by atoms with Crippen molar-refractivity contribution in [2.24, 2.45) is 0 Å². The summed E-state index contributed by atoms with van der Waals surface area (Å²) in [6.07, 6.45) is 5.42. The van der Waals surface area contributed by atoms with Gasteiger partial charge >= 0.3 is 0 Å². The van der Waals surface area contributed by atoms with E-state index in [9.17, 15) is 15.0 Å². The van der Waals surface area contributed by atoms with Gasteiger partial charge in [0.1, 0.15) is 5.75 Å². The Balaban J connectivity index is 0.00000385. The number of carbonyl (C=O) groups is 1. The van der Waals surface area contributed by atoms with Gasteiger partial charge in [-0.05, 0) is 54.0 Å². The molecule has 1 amide bonds. The molecular weight excluding hydrogens is 436 g/mol. The molecule has 0 spiro atoms. The van der Waals surface area contributed by atoms with Crippen molar-refractivity contribution in [3.63, 3.8) is 0 Å². The number of halogens is 1. The highest BCUT2D eigenvalue weighted by atomic mass is 35.5. The van der Waals surface area contributed by atoms with Crippen molar-refractivity contribution in [1.29, 1.82) is 0 Å². The Morgan fingerprint density at radius 1 is 1.06 bits per heavy atom. The number of nitrogens with one attached hydrogen (secondary N) is 2. The lowest BCUT2D eigenvalue weighted by Crippen LogP contribution is -2.53. The number of hydrogen-bond acceptors (Lipinski definition) is 4. The lowest BCUT2D eigenvalue weighted by molar-refractivity contribution is -0.120. The van der Waals surface area contributed by atoms with Gasteiger partial charge in [-0.3, -0.25) is 4.79 Å². The quantitative estimate of drug-likeness (QED) is 0.421. The van der Waals surface area contributed by atoms with Gasteiger partial charge in [-0.1, -0.05) is 69.5 Å². The molecule has 0 saturated heterocycles. The van der Waals surface area contributed by atoms with Crippen LogP contribution >= 0.6 is 12.4 Å². The van der Waals surface area contributed by atoms with Crippen LogP contribution in [-0.4, -0.2) is 34.8 Å². The Hall–Kier alpha value is -2.08. The molecule has 0 heterocycles. The van der Waals surface area contributed by atoms with E-state index in [2.05, 4.69) is 48.7 Å². The monoisotopic (exact) mass is 474 g/mol. The number of rotatable bonds is 9. The molecule has 0 aliphatic heterocycles. The number of aliphatic hydroxyl groups excluding tert-OH is 1. The topological polar surface area (TPSA) is 81.6 Å². The van der Waals surface area contributed by atoms with Crippen LogP contribution in [0, 0.1) is 0 Å².